The third-order valence-electron chi connectivity index (χ3n) is 3.70. The minimum absolute atomic E-state index is 0.0286. The Balaban J connectivity index is 2.07. The summed E-state index contributed by atoms with van der Waals surface area (Å²) in [5.41, 5.74) is 6.43. The predicted molar refractivity (Wildman–Crippen MR) is 83.6 cm³/mol. The molecular formula is C14H17Cl2N3O2. The zero-order chi connectivity index (χ0) is 15.6. The molecule has 0 radical (unpaired) electrons. The third kappa shape index (κ3) is 3.41. The van der Waals surface area contributed by atoms with Crippen LogP contribution in [-0.4, -0.2) is 36.9 Å². The molecule has 1 aromatic rings. The van der Waals surface area contributed by atoms with Crippen molar-refractivity contribution in [1.82, 2.24) is 10.2 Å². The quantitative estimate of drug-likeness (QED) is 0.816. The highest BCUT2D eigenvalue weighted by Gasteiger charge is 2.27. The van der Waals surface area contributed by atoms with E-state index in [9.17, 15) is 9.59 Å². The van der Waals surface area contributed by atoms with E-state index in [-0.39, 0.29) is 33.5 Å². The molecule has 0 unspecified atom stereocenters. The van der Waals surface area contributed by atoms with Gasteiger partial charge in [0.1, 0.15) is 0 Å². The van der Waals surface area contributed by atoms with Gasteiger partial charge >= 0.3 is 0 Å². The van der Waals surface area contributed by atoms with Crippen molar-refractivity contribution >= 4 is 40.7 Å². The van der Waals surface area contributed by atoms with Crippen LogP contribution in [0.25, 0.3) is 0 Å². The summed E-state index contributed by atoms with van der Waals surface area (Å²) in [4.78, 5) is 25.7. The van der Waals surface area contributed by atoms with Gasteiger partial charge in [0.05, 0.1) is 15.7 Å². The molecule has 0 aromatic heterocycles. The summed E-state index contributed by atoms with van der Waals surface area (Å²) in [5.74, 6) is -0.144. The summed E-state index contributed by atoms with van der Waals surface area (Å²) in [6.07, 6.45) is 1.31. The number of piperidine rings is 1. The molecule has 1 fully saturated rings. The second-order valence-electron chi connectivity index (χ2n) is 5.04. The second kappa shape index (κ2) is 6.54. The fraction of sp³-hybridized carbons (Fsp3) is 0.429. The molecule has 0 bridgehead atoms. The van der Waals surface area contributed by atoms with Crippen LogP contribution < -0.4 is 11.1 Å². The van der Waals surface area contributed by atoms with Gasteiger partial charge in [-0.2, -0.15) is 0 Å². The first-order valence-electron chi connectivity index (χ1n) is 6.69. The van der Waals surface area contributed by atoms with Crippen molar-refractivity contribution in [2.24, 2.45) is 5.92 Å². The Labute approximate surface area is 133 Å². The van der Waals surface area contributed by atoms with Crippen LogP contribution in [0.4, 0.5) is 5.69 Å². The van der Waals surface area contributed by atoms with Gasteiger partial charge in [0, 0.05) is 31.6 Å². The van der Waals surface area contributed by atoms with Gasteiger partial charge in [0.15, 0.2) is 0 Å². The SMILES string of the molecule is CNC(=O)C1CCN(C(=O)c2cc(N)c(Cl)c(Cl)c2)CC1. The summed E-state index contributed by atoms with van der Waals surface area (Å²) in [6.45, 7) is 1.08. The lowest BCUT2D eigenvalue weighted by Crippen LogP contribution is -2.42. The van der Waals surface area contributed by atoms with E-state index in [0.29, 0.717) is 31.5 Å². The fourth-order valence-electron chi connectivity index (χ4n) is 2.47. The number of halogens is 2. The van der Waals surface area contributed by atoms with Crippen LogP contribution in [0.1, 0.15) is 23.2 Å². The van der Waals surface area contributed by atoms with Crippen LogP contribution in [0, 0.1) is 5.92 Å². The molecule has 0 aliphatic carbocycles. The molecule has 1 aliphatic rings. The fourth-order valence-corrected chi connectivity index (χ4v) is 2.80. The minimum Gasteiger partial charge on any atom is -0.397 e. The van der Waals surface area contributed by atoms with E-state index in [1.165, 1.54) is 12.1 Å². The molecule has 1 saturated heterocycles. The smallest absolute Gasteiger partial charge is 0.253 e. The molecule has 2 rings (SSSR count). The highest BCUT2D eigenvalue weighted by atomic mass is 35.5. The van der Waals surface area contributed by atoms with Crippen LogP contribution >= 0.6 is 23.2 Å². The minimum atomic E-state index is -0.143. The number of amides is 2. The summed E-state index contributed by atoms with van der Waals surface area (Å²) >= 11 is 11.8. The van der Waals surface area contributed by atoms with Crippen molar-refractivity contribution < 1.29 is 9.59 Å². The van der Waals surface area contributed by atoms with Gasteiger partial charge in [-0.05, 0) is 25.0 Å². The lowest BCUT2D eigenvalue weighted by atomic mass is 9.95. The number of nitrogen functional groups attached to an aromatic ring is 1. The van der Waals surface area contributed by atoms with E-state index in [0.717, 1.165) is 0 Å². The van der Waals surface area contributed by atoms with E-state index in [1.807, 2.05) is 0 Å². The number of carbonyl (C=O) groups is 2. The highest BCUT2D eigenvalue weighted by Crippen LogP contribution is 2.30. The molecule has 0 atom stereocenters. The number of anilines is 1. The van der Waals surface area contributed by atoms with Crippen LogP contribution in [0.5, 0.6) is 0 Å². The number of hydrogen-bond acceptors (Lipinski definition) is 3. The summed E-state index contributed by atoms with van der Waals surface area (Å²) in [7, 11) is 1.62. The average molecular weight is 330 g/mol. The maximum absolute atomic E-state index is 12.4. The first-order valence-corrected chi connectivity index (χ1v) is 7.45. The highest BCUT2D eigenvalue weighted by molar-refractivity contribution is 6.43. The normalized spacial score (nSPS) is 15.9. The van der Waals surface area contributed by atoms with E-state index in [1.54, 1.807) is 11.9 Å². The Morgan fingerprint density at radius 3 is 2.43 bits per heavy atom. The van der Waals surface area contributed by atoms with Crippen LogP contribution in [0.2, 0.25) is 10.0 Å². The van der Waals surface area contributed by atoms with E-state index in [4.69, 9.17) is 28.9 Å². The lowest BCUT2D eigenvalue weighted by molar-refractivity contribution is -0.125. The van der Waals surface area contributed by atoms with Crippen molar-refractivity contribution in [3.63, 3.8) is 0 Å². The molecule has 21 heavy (non-hydrogen) atoms. The molecule has 114 valence electrons. The number of nitrogens with two attached hydrogens (primary N) is 1. The van der Waals surface area contributed by atoms with Crippen LogP contribution in [0.3, 0.4) is 0 Å². The molecule has 3 N–H and O–H groups in total. The zero-order valence-electron chi connectivity index (χ0n) is 11.7. The number of likely N-dealkylation sites (tertiary alicyclic amines) is 1. The monoisotopic (exact) mass is 329 g/mol. The molecule has 0 saturated carbocycles. The largest absolute Gasteiger partial charge is 0.397 e. The summed E-state index contributed by atoms with van der Waals surface area (Å²) in [6, 6.07) is 3.05. The summed E-state index contributed by atoms with van der Waals surface area (Å²) < 4.78 is 0. The Morgan fingerprint density at radius 1 is 1.29 bits per heavy atom. The van der Waals surface area contributed by atoms with Crippen molar-refractivity contribution in [2.45, 2.75) is 12.8 Å². The maximum Gasteiger partial charge on any atom is 0.253 e. The number of benzene rings is 1. The Morgan fingerprint density at radius 2 is 1.90 bits per heavy atom. The number of hydrogen-bond donors (Lipinski definition) is 2. The molecule has 1 heterocycles. The molecule has 5 nitrogen and oxygen atoms in total. The number of rotatable bonds is 2. The standard InChI is InChI=1S/C14H17Cl2N3O2/c1-18-13(20)8-2-4-19(5-3-8)14(21)9-6-10(15)12(16)11(17)7-9/h6-8H,2-5,17H2,1H3,(H,18,20). The van der Waals surface area contributed by atoms with Crippen molar-refractivity contribution in [3.8, 4) is 0 Å². The molecular weight excluding hydrogens is 313 g/mol. The van der Waals surface area contributed by atoms with Gasteiger partial charge in [0.25, 0.3) is 5.91 Å². The van der Waals surface area contributed by atoms with Crippen LogP contribution in [0.15, 0.2) is 12.1 Å². The zero-order valence-corrected chi connectivity index (χ0v) is 13.2. The average Bonchev–Trinajstić information content (AvgIpc) is 2.50. The Bertz CT molecular complexity index is 546. The first kappa shape index (κ1) is 15.9. The number of nitrogens with one attached hydrogen (secondary N) is 1. The Hall–Kier alpha value is -1.46. The van der Waals surface area contributed by atoms with Gasteiger partial charge in [0.2, 0.25) is 5.91 Å². The maximum atomic E-state index is 12.4. The van der Waals surface area contributed by atoms with Gasteiger partial charge < -0.3 is 16.0 Å². The topological polar surface area (TPSA) is 75.4 Å². The predicted octanol–water partition coefficient (Wildman–Crippen LogP) is 2.17. The molecule has 1 aliphatic heterocycles. The number of carbonyl (C=O) groups excluding carboxylic acids is 2. The number of nitrogens with zero attached hydrogens (tertiary/aromatic N) is 1. The van der Waals surface area contributed by atoms with Gasteiger partial charge in [-0.1, -0.05) is 23.2 Å². The van der Waals surface area contributed by atoms with Crippen molar-refractivity contribution in [1.29, 1.82) is 0 Å². The molecule has 1 aromatic carbocycles. The van der Waals surface area contributed by atoms with Gasteiger partial charge in [-0.25, -0.2) is 0 Å². The van der Waals surface area contributed by atoms with E-state index in [2.05, 4.69) is 5.32 Å². The van der Waals surface area contributed by atoms with Crippen molar-refractivity contribution in [2.75, 3.05) is 25.9 Å². The summed E-state index contributed by atoms with van der Waals surface area (Å²) in [5, 5.41) is 3.16. The van der Waals surface area contributed by atoms with Gasteiger partial charge in [-0.15, -0.1) is 0 Å². The molecule has 0 spiro atoms. The van der Waals surface area contributed by atoms with E-state index < -0.39 is 0 Å². The third-order valence-corrected chi connectivity index (χ3v) is 4.52. The van der Waals surface area contributed by atoms with Crippen molar-refractivity contribution in [3.05, 3.63) is 27.7 Å². The lowest BCUT2D eigenvalue weighted by Gasteiger charge is -2.31. The van der Waals surface area contributed by atoms with Gasteiger partial charge in [-0.3, -0.25) is 9.59 Å². The second-order valence-corrected chi connectivity index (χ2v) is 5.83. The molecule has 7 heteroatoms. The van der Waals surface area contributed by atoms with E-state index >= 15 is 0 Å². The Kier molecular flexibility index (Phi) is 4.96. The first-order chi connectivity index (χ1) is 9.93. The van der Waals surface area contributed by atoms with Crippen LogP contribution in [-0.2, 0) is 4.79 Å². The molecule has 2 amide bonds.